The average Bonchev–Trinajstić information content (AvgIpc) is 3.00. The van der Waals surface area contributed by atoms with Crippen LogP contribution < -0.4 is 4.90 Å². The number of aromatic nitrogens is 1. The van der Waals surface area contributed by atoms with Gasteiger partial charge in [-0.05, 0) is 76.3 Å². The third-order valence-electron chi connectivity index (χ3n) is 7.02. The van der Waals surface area contributed by atoms with Crippen molar-refractivity contribution in [3.8, 4) is 0 Å². The highest BCUT2D eigenvalue weighted by Gasteiger charge is 2.44. The van der Waals surface area contributed by atoms with E-state index in [0.29, 0.717) is 6.61 Å². The van der Waals surface area contributed by atoms with Crippen molar-refractivity contribution in [2.75, 3.05) is 18.1 Å². The zero-order valence-electron chi connectivity index (χ0n) is 22.5. The first-order valence-electron chi connectivity index (χ1n) is 13.2. The van der Waals surface area contributed by atoms with E-state index in [9.17, 15) is 4.79 Å². The minimum Gasteiger partial charge on any atom is -0.444 e. The van der Waals surface area contributed by atoms with Gasteiger partial charge in [-0.25, -0.2) is 9.78 Å². The molecule has 0 saturated carbocycles. The number of benzene rings is 2. The number of fused-ring (bicyclic) bond motifs is 2. The maximum Gasteiger partial charge on any atom is 0.413 e. The quantitative estimate of drug-likeness (QED) is 0.408. The summed E-state index contributed by atoms with van der Waals surface area (Å²) in [5.41, 5.74) is 3.51. The molecule has 2 aliphatic heterocycles. The van der Waals surface area contributed by atoms with Crippen molar-refractivity contribution in [2.45, 2.75) is 71.4 Å². The number of hydrogen-bond acceptors (Lipinski definition) is 5. The smallest absolute Gasteiger partial charge is 0.413 e. The fourth-order valence-electron chi connectivity index (χ4n) is 5.24. The number of carbonyl (C=O) groups excluding carboxylic acids is 1. The van der Waals surface area contributed by atoms with E-state index in [1.54, 1.807) is 4.90 Å². The summed E-state index contributed by atoms with van der Waals surface area (Å²) in [7, 11) is 0. The summed E-state index contributed by atoms with van der Waals surface area (Å²) in [6.07, 6.45) is 5.97. The highest BCUT2D eigenvalue weighted by atomic mass is 16.6. The lowest BCUT2D eigenvalue weighted by atomic mass is 10.0. The van der Waals surface area contributed by atoms with Crippen molar-refractivity contribution >= 4 is 28.9 Å². The van der Waals surface area contributed by atoms with E-state index >= 15 is 0 Å². The molecule has 1 aromatic heterocycles. The summed E-state index contributed by atoms with van der Waals surface area (Å²) < 4.78 is 11.7. The summed E-state index contributed by atoms with van der Waals surface area (Å²) in [6, 6.07) is 18.9. The fourth-order valence-corrected chi connectivity index (χ4v) is 5.24. The van der Waals surface area contributed by atoms with E-state index in [4.69, 9.17) is 14.5 Å². The fraction of sp³-hybridized carbons (Fsp3) is 0.419. The van der Waals surface area contributed by atoms with Gasteiger partial charge in [0.15, 0.2) is 0 Å². The number of aryl methyl sites for hydroxylation is 1. The van der Waals surface area contributed by atoms with Gasteiger partial charge >= 0.3 is 6.09 Å². The van der Waals surface area contributed by atoms with Crippen LogP contribution in [0.4, 0.5) is 10.6 Å². The van der Waals surface area contributed by atoms with Crippen molar-refractivity contribution in [3.05, 3.63) is 77.4 Å². The minimum absolute atomic E-state index is 0.231. The van der Waals surface area contributed by atoms with Gasteiger partial charge in [-0.2, -0.15) is 0 Å². The van der Waals surface area contributed by atoms with E-state index < -0.39 is 11.3 Å². The summed E-state index contributed by atoms with van der Waals surface area (Å²) in [6.45, 7) is 11.7. The first-order chi connectivity index (χ1) is 17.6. The molecule has 1 amide bonds. The van der Waals surface area contributed by atoms with Gasteiger partial charge in [0, 0.05) is 18.5 Å². The molecule has 6 nitrogen and oxygen atoms in total. The van der Waals surface area contributed by atoms with Crippen LogP contribution in [0.3, 0.4) is 0 Å². The standard InChI is InChI=1S/C31H37N3O3/c1-30(2,3)37-29(35)34-25(21-36-31(34,4)5)17-16-23-19-28(32-27-15-9-8-14-26(23)27)33-18-10-13-22-11-6-7-12-24(22)20-33/h6-9,11-12,14-17,19,25H,10,13,18,20-21H2,1-5H3/b17-16+. The van der Waals surface area contributed by atoms with Crippen LogP contribution >= 0.6 is 0 Å². The second-order valence-corrected chi connectivity index (χ2v) is 11.4. The number of rotatable bonds is 3. The van der Waals surface area contributed by atoms with Crippen molar-refractivity contribution in [2.24, 2.45) is 0 Å². The monoisotopic (exact) mass is 499 g/mol. The van der Waals surface area contributed by atoms with E-state index in [1.807, 2.05) is 46.8 Å². The Kier molecular flexibility index (Phi) is 6.71. The first kappa shape index (κ1) is 25.3. The molecule has 0 N–H and O–H groups in total. The van der Waals surface area contributed by atoms with Gasteiger partial charge < -0.3 is 14.4 Å². The molecule has 1 fully saturated rings. The summed E-state index contributed by atoms with van der Waals surface area (Å²) in [5, 5.41) is 1.08. The minimum atomic E-state index is -0.748. The molecule has 3 heterocycles. The Bertz CT molecular complexity index is 1320. The molecular weight excluding hydrogens is 462 g/mol. The zero-order valence-corrected chi connectivity index (χ0v) is 22.5. The van der Waals surface area contributed by atoms with E-state index in [-0.39, 0.29) is 12.1 Å². The van der Waals surface area contributed by atoms with Gasteiger partial charge in [-0.1, -0.05) is 54.6 Å². The Morgan fingerprint density at radius 3 is 2.62 bits per heavy atom. The molecule has 37 heavy (non-hydrogen) atoms. The predicted octanol–water partition coefficient (Wildman–Crippen LogP) is 6.57. The van der Waals surface area contributed by atoms with Crippen molar-refractivity contribution in [3.63, 3.8) is 0 Å². The number of carbonyl (C=O) groups is 1. The van der Waals surface area contributed by atoms with Gasteiger partial charge in [0.1, 0.15) is 17.1 Å². The van der Waals surface area contributed by atoms with Crippen molar-refractivity contribution in [1.29, 1.82) is 0 Å². The molecule has 0 spiro atoms. The Balaban J connectivity index is 1.47. The SMILES string of the molecule is CC(C)(C)OC(=O)N1C(/C=C/c2cc(N3CCCc4ccccc4C3)nc3ccccc23)COC1(C)C. The van der Waals surface area contributed by atoms with Crippen LogP contribution in [0.2, 0.25) is 0 Å². The molecule has 194 valence electrons. The number of ether oxygens (including phenoxy) is 2. The second-order valence-electron chi connectivity index (χ2n) is 11.4. The van der Waals surface area contributed by atoms with Crippen LogP contribution in [-0.4, -0.2) is 46.5 Å². The molecule has 1 atom stereocenters. The van der Waals surface area contributed by atoms with E-state index in [0.717, 1.165) is 48.2 Å². The maximum absolute atomic E-state index is 13.1. The van der Waals surface area contributed by atoms with Crippen LogP contribution in [0.1, 0.15) is 57.7 Å². The molecule has 2 aliphatic rings. The summed E-state index contributed by atoms with van der Waals surface area (Å²) in [4.78, 5) is 22.2. The summed E-state index contributed by atoms with van der Waals surface area (Å²) in [5.74, 6) is 0.974. The maximum atomic E-state index is 13.1. The van der Waals surface area contributed by atoms with Gasteiger partial charge in [0.05, 0.1) is 18.2 Å². The van der Waals surface area contributed by atoms with Gasteiger partial charge in [0.25, 0.3) is 0 Å². The molecule has 2 aromatic carbocycles. The number of amides is 1. The molecular formula is C31H37N3O3. The third-order valence-corrected chi connectivity index (χ3v) is 7.02. The van der Waals surface area contributed by atoms with Crippen LogP contribution in [0.25, 0.3) is 17.0 Å². The zero-order chi connectivity index (χ0) is 26.2. The van der Waals surface area contributed by atoms with Gasteiger partial charge in [-0.3, -0.25) is 4.90 Å². The largest absolute Gasteiger partial charge is 0.444 e. The molecule has 3 aromatic rings. The average molecular weight is 500 g/mol. The van der Waals surface area contributed by atoms with Crippen LogP contribution in [-0.2, 0) is 22.4 Å². The van der Waals surface area contributed by atoms with E-state index in [2.05, 4.69) is 59.5 Å². The number of para-hydroxylation sites is 1. The summed E-state index contributed by atoms with van der Waals surface area (Å²) >= 11 is 0. The van der Waals surface area contributed by atoms with Crippen molar-refractivity contribution < 1.29 is 14.3 Å². The van der Waals surface area contributed by atoms with Crippen LogP contribution in [0.15, 0.2) is 60.7 Å². The number of anilines is 1. The lowest BCUT2D eigenvalue weighted by Crippen LogP contribution is -2.49. The lowest BCUT2D eigenvalue weighted by molar-refractivity contribution is -0.0610. The topological polar surface area (TPSA) is 54.9 Å². The van der Waals surface area contributed by atoms with Crippen LogP contribution in [0.5, 0.6) is 0 Å². The number of pyridine rings is 1. The van der Waals surface area contributed by atoms with Crippen molar-refractivity contribution in [1.82, 2.24) is 9.88 Å². The normalized spacial score (nSPS) is 19.8. The molecule has 1 unspecified atom stereocenters. The second kappa shape index (κ2) is 9.82. The molecule has 6 heteroatoms. The highest BCUT2D eigenvalue weighted by molar-refractivity contribution is 5.89. The van der Waals surface area contributed by atoms with Gasteiger partial charge in [0.2, 0.25) is 0 Å². The predicted molar refractivity (Wildman–Crippen MR) is 148 cm³/mol. The molecule has 0 radical (unpaired) electrons. The Hall–Kier alpha value is -3.38. The van der Waals surface area contributed by atoms with Crippen LogP contribution in [0, 0.1) is 0 Å². The van der Waals surface area contributed by atoms with Gasteiger partial charge in [-0.15, -0.1) is 0 Å². The third kappa shape index (κ3) is 5.49. The lowest BCUT2D eigenvalue weighted by Gasteiger charge is -2.34. The number of hydrogen-bond donors (Lipinski definition) is 0. The Labute approximate surface area is 219 Å². The first-order valence-corrected chi connectivity index (χ1v) is 13.2. The Morgan fingerprint density at radius 2 is 1.84 bits per heavy atom. The highest BCUT2D eigenvalue weighted by Crippen LogP contribution is 2.32. The molecule has 0 bridgehead atoms. The molecule has 0 aliphatic carbocycles. The molecule has 5 rings (SSSR count). The number of nitrogens with zero attached hydrogens (tertiary/aromatic N) is 3. The molecule has 1 saturated heterocycles. The Morgan fingerprint density at radius 1 is 1.11 bits per heavy atom. The van der Waals surface area contributed by atoms with E-state index in [1.165, 1.54) is 11.1 Å².